The van der Waals surface area contributed by atoms with Crippen molar-refractivity contribution < 1.29 is 29.0 Å². The average Bonchev–Trinajstić information content (AvgIpc) is 3.59. The molecule has 9 heteroatoms. The van der Waals surface area contributed by atoms with E-state index >= 15 is 0 Å². The van der Waals surface area contributed by atoms with Crippen LogP contribution in [0, 0.1) is 0 Å². The van der Waals surface area contributed by atoms with Gasteiger partial charge in [-0.1, -0.05) is 186 Å². The monoisotopic (exact) mass is 782 g/mol. The minimum absolute atomic E-state index is 0.0203. The molecule has 2 aromatic rings. The predicted molar refractivity (Wildman–Crippen MR) is 230 cm³/mol. The lowest BCUT2D eigenvalue weighted by atomic mass is 10.0. The number of esters is 1. The first kappa shape index (κ1) is 48.8. The first-order valence-electron chi connectivity index (χ1n) is 22.9. The number of hydrogen-bond acceptors (Lipinski definition) is 5. The van der Waals surface area contributed by atoms with Crippen LogP contribution in [0.2, 0.25) is 0 Å². The Morgan fingerprint density at radius 1 is 0.643 bits per heavy atom. The summed E-state index contributed by atoms with van der Waals surface area (Å²) in [7, 11) is 0. The van der Waals surface area contributed by atoms with E-state index in [1.807, 2.05) is 24.3 Å². The number of unbranched alkanes of at least 4 members (excludes halogenated alkanes) is 24. The molecule has 0 aliphatic heterocycles. The summed E-state index contributed by atoms with van der Waals surface area (Å²) >= 11 is 0. The normalized spacial score (nSPS) is 12.4. The van der Waals surface area contributed by atoms with Gasteiger partial charge in [0, 0.05) is 29.9 Å². The van der Waals surface area contributed by atoms with Crippen LogP contribution < -0.4 is 10.6 Å². The molecular weight excluding hydrogens is 703 g/mol. The minimum atomic E-state index is -1.15. The lowest BCUT2D eigenvalue weighted by molar-refractivity contribution is -0.151. The van der Waals surface area contributed by atoms with E-state index < -0.39 is 29.9 Å². The summed E-state index contributed by atoms with van der Waals surface area (Å²) in [5, 5.41) is 15.9. The van der Waals surface area contributed by atoms with Gasteiger partial charge in [-0.2, -0.15) is 0 Å². The lowest BCUT2D eigenvalue weighted by Crippen LogP contribution is -2.46. The molecular formula is C47H79N3O6. The number of aliphatic carboxylic acids is 1. The molecule has 0 saturated heterocycles. The Balaban J connectivity index is 1.72. The SMILES string of the molecule is CCCCCCCCCCCCCCCC(=O)OC(CCCCCCCCCCCCCCC)CC(=O)NCC(=O)N[C@@H](Cc1c[nH]c2ccccc12)C(=O)O. The summed E-state index contributed by atoms with van der Waals surface area (Å²) in [5.41, 5.74) is 1.68. The van der Waals surface area contributed by atoms with Gasteiger partial charge in [-0.15, -0.1) is 0 Å². The summed E-state index contributed by atoms with van der Waals surface area (Å²) in [6, 6.07) is 6.45. The number of aromatic nitrogens is 1. The van der Waals surface area contributed by atoms with Crippen molar-refractivity contribution >= 4 is 34.7 Å². The van der Waals surface area contributed by atoms with Crippen molar-refractivity contribution in [2.24, 2.45) is 0 Å². The van der Waals surface area contributed by atoms with Crippen molar-refractivity contribution in [3.8, 4) is 0 Å². The van der Waals surface area contributed by atoms with Gasteiger partial charge in [0.05, 0.1) is 13.0 Å². The van der Waals surface area contributed by atoms with E-state index in [0.717, 1.165) is 55.0 Å². The van der Waals surface area contributed by atoms with Gasteiger partial charge < -0.3 is 25.5 Å². The maximum atomic E-state index is 13.0. The smallest absolute Gasteiger partial charge is 0.326 e. The maximum Gasteiger partial charge on any atom is 0.326 e. The molecule has 2 atom stereocenters. The molecule has 318 valence electrons. The number of aromatic amines is 1. The van der Waals surface area contributed by atoms with Crippen molar-refractivity contribution in [3.05, 3.63) is 36.0 Å². The van der Waals surface area contributed by atoms with E-state index in [1.165, 1.54) is 128 Å². The molecule has 1 aromatic carbocycles. The molecule has 2 rings (SSSR count). The fraction of sp³-hybridized carbons (Fsp3) is 0.745. The topological polar surface area (TPSA) is 138 Å². The number of H-pyrrole nitrogens is 1. The second-order valence-electron chi connectivity index (χ2n) is 16.1. The molecule has 0 spiro atoms. The first-order valence-corrected chi connectivity index (χ1v) is 22.9. The summed E-state index contributed by atoms with van der Waals surface area (Å²) in [4.78, 5) is 53.7. The number of hydrogen-bond donors (Lipinski definition) is 4. The number of ether oxygens (including phenoxy) is 1. The molecule has 0 aliphatic carbocycles. The highest BCUT2D eigenvalue weighted by molar-refractivity contribution is 5.89. The Morgan fingerprint density at radius 3 is 1.64 bits per heavy atom. The molecule has 1 unspecified atom stereocenters. The largest absolute Gasteiger partial charge is 0.480 e. The van der Waals surface area contributed by atoms with Gasteiger partial charge in [-0.25, -0.2) is 4.79 Å². The highest BCUT2D eigenvalue weighted by Crippen LogP contribution is 2.20. The van der Waals surface area contributed by atoms with E-state index in [1.54, 1.807) is 6.20 Å². The third-order valence-electron chi connectivity index (χ3n) is 11.0. The average molecular weight is 782 g/mol. The van der Waals surface area contributed by atoms with Crippen LogP contribution >= 0.6 is 0 Å². The van der Waals surface area contributed by atoms with Crippen molar-refractivity contribution in [2.75, 3.05) is 6.54 Å². The standard InChI is InChI=1S/C47H79N3O6/c1-3-5-7-9-11-13-15-17-19-21-23-25-27-31-40(56-46(53)34-28-26-24-22-20-18-16-14-12-10-8-6-4-2)36-44(51)49-38-45(52)50-43(47(54)55)35-39-37-48-42-33-30-29-32-41(39)42/h29-30,32-33,37,40,43,48H,3-28,31,34-36,38H2,1-2H3,(H,49,51)(H,50,52)(H,54,55)/t40?,43-/m0/s1. The Labute approximate surface area is 339 Å². The van der Waals surface area contributed by atoms with E-state index in [-0.39, 0.29) is 25.4 Å². The van der Waals surface area contributed by atoms with Crippen molar-refractivity contribution in [1.82, 2.24) is 15.6 Å². The molecule has 56 heavy (non-hydrogen) atoms. The highest BCUT2D eigenvalue weighted by atomic mass is 16.5. The van der Waals surface area contributed by atoms with Crippen LogP contribution in [0.25, 0.3) is 10.9 Å². The molecule has 9 nitrogen and oxygen atoms in total. The first-order chi connectivity index (χ1) is 27.3. The fourth-order valence-corrected chi connectivity index (χ4v) is 7.55. The fourth-order valence-electron chi connectivity index (χ4n) is 7.55. The van der Waals surface area contributed by atoms with Crippen molar-refractivity contribution in [2.45, 2.75) is 219 Å². The second kappa shape index (κ2) is 32.7. The van der Waals surface area contributed by atoms with Crippen molar-refractivity contribution in [3.63, 3.8) is 0 Å². The number of carboxylic acids is 1. The van der Waals surface area contributed by atoms with Gasteiger partial charge in [0.1, 0.15) is 12.1 Å². The Hall–Kier alpha value is -3.36. The molecule has 0 fully saturated rings. The third-order valence-corrected chi connectivity index (χ3v) is 11.0. The van der Waals surface area contributed by atoms with Crippen LogP contribution in [0.3, 0.4) is 0 Å². The quantitative estimate of drug-likeness (QED) is 0.0398. The van der Waals surface area contributed by atoms with Gasteiger partial charge in [0.25, 0.3) is 0 Å². The molecule has 0 bridgehead atoms. The zero-order valence-electron chi connectivity index (χ0n) is 35.5. The molecule has 0 radical (unpaired) electrons. The molecule has 2 amide bonds. The van der Waals surface area contributed by atoms with Crippen LogP contribution in [-0.4, -0.2) is 52.5 Å². The molecule has 1 heterocycles. The van der Waals surface area contributed by atoms with Gasteiger partial charge in [-0.05, 0) is 30.9 Å². The number of carbonyl (C=O) groups excluding carboxylic acids is 3. The van der Waals surface area contributed by atoms with Gasteiger partial charge >= 0.3 is 11.9 Å². The number of carbonyl (C=O) groups is 4. The number of amides is 2. The van der Waals surface area contributed by atoms with Crippen LogP contribution in [0.5, 0.6) is 0 Å². The van der Waals surface area contributed by atoms with E-state index in [0.29, 0.717) is 12.8 Å². The predicted octanol–water partition coefficient (Wildman–Crippen LogP) is 11.7. The van der Waals surface area contributed by atoms with Crippen molar-refractivity contribution in [1.29, 1.82) is 0 Å². The highest BCUT2D eigenvalue weighted by Gasteiger charge is 2.23. The van der Waals surface area contributed by atoms with Gasteiger partial charge in [0.15, 0.2) is 0 Å². The van der Waals surface area contributed by atoms with Gasteiger partial charge in [-0.3, -0.25) is 14.4 Å². The lowest BCUT2D eigenvalue weighted by Gasteiger charge is -2.18. The van der Waals surface area contributed by atoms with E-state index in [4.69, 9.17) is 4.74 Å². The number of para-hydroxylation sites is 1. The molecule has 0 saturated carbocycles. The Morgan fingerprint density at radius 2 is 1.12 bits per heavy atom. The van der Waals surface area contributed by atoms with E-state index in [2.05, 4.69) is 29.5 Å². The number of nitrogens with one attached hydrogen (secondary N) is 3. The number of fused-ring (bicyclic) bond motifs is 1. The molecule has 0 aliphatic rings. The summed E-state index contributed by atoms with van der Waals surface area (Å²) in [5.74, 6) is -2.39. The second-order valence-corrected chi connectivity index (χ2v) is 16.1. The number of carboxylic acid groups (broad SMARTS) is 1. The van der Waals surface area contributed by atoms with Gasteiger partial charge in [0.2, 0.25) is 11.8 Å². The molecule has 1 aromatic heterocycles. The summed E-state index contributed by atoms with van der Waals surface area (Å²) in [6.07, 6.45) is 34.5. The Kier molecular flexibility index (Phi) is 28.5. The number of rotatable bonds is 37. The zero-order valence-corrected chi connectivity index (χ0v) is 35.5. The van der Waals surface area contributed by atoms with Crippen LogP contribution in [0.1, 0.15) is 206 Å². The number of benzene rings is 1. The summed E-state index contributed by atoms with van der Waals surface area (Å²) in [6.45, 7) is 4.16. The summed E-state index contributed by atoms with van der Waals surface area (Å²) < 4.78 is 5.85. The third kappa shape index (κ3) is 24.3. The zero-order chi connectivity index (χ0) is 40.5. The van der Waals surface area contributed by atoms with Crippen LogP contribution in [-0.2, 0) is 30.3 Å². The van der Waals surface area contributed by atoms with Crippen LogP contribution in [0.15, 0.2) is 30.5 Å². The maximum absolute atomic E-state index is 13.0. The van der Waals surface area contributed by atoms with Crippen LogP contribution in [0.4, 0.5) is 0 Å². The minimum Gasteiger partial charge on any atom is -0.480 e. The van der Waals surface area contributed by atoms with E-state index in [9.17, 15) is 24.3 Å². The molecule has 4 N–H and O–H groups in total. The Bertz CT molecular complexity index is 1330.